The van der Waals surface area contributed by atoms with Crippen molar-refractivity contribution in [3.05, 3.63) is 53.6 Å². The number of carboxylic acid groups (broad SMARTS) is 1. The van der Waals surface area contributed by atoms with Gasteiger partial charge in [-0.1, -0.05) is 23.9 Å². The molecule has 0 spiro atoms. The Hall–Kier alpha value is -2.89. The second kappa shape index (κ2) is 7.34. The zero-order valence-corrected chi connectivity index (χ0v) is 14.4. The number of nitrogens with zero attached hydrogens (tertiary/aromatic N) is 2. The van der Waals surface area contributed by atoms with Crippen LogP contribution in [-0.4, -0.2) is 27.7 Å². The molecule has 2 N–H and O–H groups in total. The molecule has 1 heterocycles. The number of hydrogen-bond donors (Lipinski definition) is 2. The number of amides is 1. The molecule has 0 saturated heterocycles. The predicted molar refractivity (Wildman–Crippen MR) is 97.3 cm³/mol. The van der Waals surface area contributed by atoms with E-state index in [4.69, 9.17) is 5.26 Å². The van der Waals surface area contributed by atoms with Gasteiger partial charge in [-0.15, -0.1) is 11.3 Å². The number of fused-ring (bicyclic) bond motifs is 1. The normalized spacial score (nSPS) is 10.4. The lowest BCUT2D eigenvalue weighted by Gasteiger charge is -2.07. The van der Waals surface area contributed by atoms with E-state index in [0.29, 0.717) is 11.4 Å². The van der Waals surface area contributed by atoms with E-state index in [1.807, 2.05) is 0 Å². The maximum absolute atomic E-state index is 12.4. The molecule has 0 aliphatic carbocycles. The number of nitriles is 1. The van der Waals surface area contributed by atoms with Gasteiger partial charge >= 0.3 is 5.97 Å². The molecule has 0 bridgehead atoms. The Morgan fingerprint density at radius 3 is 2.72 bits per heavy atom. The van der Waals surface area contributed by atoms with Crippen LogP contribution in [-0.2, 0) is 0 Å². The highest BCUT2D eigenvalue weighted by Crippen LogP contribution is 2.31. The number of carboxylic acids is 1. The van der Waals surface area contributed by atoms with Crippen LogP contribution in [0.2, 0.25) is 0 Å². The van der Waals surface area contributed by atoms with Gasteiger partial charge in [0.2, 0.25) is 0 Å². The van der Waals surface area contributed by atoms with Crippen LogP contribution < -0.4 is 5.32 Å². The summed E-state index contributed by atoms with van der Waals surface area (Å²) in [6.45, 7) is 0. The molecule has 1 aromatic heterocycles. The maximum Gasteiger partial charge on any atom is 0.336 e. The van der Waals surface area contributed by atoms with Crippen LogP contribution in [0.25, 0.3) is 10.2 Å². The molecule has 0 fully saturated rings. The molecule has 0 aliphatic heterocycles. The lowest BCUT2D eigenvalue weighted by molar-refractivity contribution is 0.0692. The highest BCUT2D eigenvalue weighted by molar-refractivity contribution is 8.01. The summed E-state index contributed by atoms with van der Waals surface area (Å²) < 4.78 is 1.67. The van der Waals surface area contributed by atoms with E-state index in [2.05, 4.69) is 16.4 Å². The predicted octanol–water partition coefficient (Wildman–Crippen LogP) is 3.86. The zero-order chi connectivity index (χ0) is 17.8. The van der Waals surface area contributed by atoms with E-state index in [1.54, 1.807) is 30.3 Å². The molecule has 0 unspecified atom stereocenters. The minimum absolute atomic E-state index is 0.0472. The third-order valence-corrected chi connectivity index (χ3v) is 5.32. The highest BCUT2D eigenvalue weighted by Gasteiger charge is 2.16. The second-order valence-electron chi connectivity index (χ2n) is 4.91. The average Bonchev–Trinajstić information content (AvgIpc) is 3.02. The fourth-order valence-electron chi connectivity index (χ4n) is 2.20. The summed E-state index contributed by atoms with van der Waals surface area (Å²) in [7, 11) is 0. The fourth-order valence-corrected chi connectivity index (χ4v) is 3.97. The van der Waals surface area contributed by atoms with Gasteiger partial charge in [0.25, 0.3) is 5.91 Å². The van der Waals surface area contributed by atoms with E-state index < -0.39 is 11.9 Å². The van der Waals surface area contributed by atoms with Gasteiger partial charge in [0, 0.05) is 5.69 Å². The maximum atomic E-state index is 12.4. The molecule has 3 rings (SSSR count). The zero-order valence-electron chi connectivity index (χ0n) is 12.7. The third kappa shape index (κ3) is 3.79. The molecule has 0 saturated carbocycles. The van der Waals surface area contributed by atoms with E-state index in [9.17, 15) is 14.7 Å². The number of anilines is 1. The van der Waals surface area contributed by atoms with Crippen LogP contribution in [0.3, 0.4) is 0 Å². The van der Waals surface area contributed by atoms with Crippen molar-refractivity contribution in [1.29, 1.82) is 5.26 Å². The quantitative estimate of drug-likeness (QED) is 0.662. The van der Waals surface area contributed by atoms with Crippen molar-refractivity contribution in [2.45, 2.75) is 4.34 Å². The Kier molecular flexibility index (Phi) is 4.97. The van der Waals surface area contributed by atoms with Crippen LogP contribution in [0.15, 0.2) is 46.8 Å². The van der Waals surface area contributed by atoms with E-state index >= 15 is 0 Å². The van der Waals surface area contributed by atoms with Crippen molar-refractivity contribution < 1.29 is 14.7 Å². The number of benzene rings is 2. The minimum atomic E-state index is -1.15. The summed E-state index contributed by atoms with van der Waals surface area (Å²) in [5.41, 5.74) is 1.39. The second-order valence-corrected chi connectivity index (χ2v) is 7.17. The summed E-state index contributed by atoms with van der Waals surface area (Å²) in [5.74, 6) is -1.31. The first kappa shape index (κ1) is 17.0. The minimum Gasteiger partial charge on any atom is -0.478 e. The molecule has 0 aliphatic rings. The first-order valence-electron chi connectivity index (χ1n) is 7.12. The standard InChI is InChI=1S/C17H11N3O3S2/c18-7-8-24-17-20-13-6-5-10(9-14(13)25-17)19-15(21)11-3-1-2-4-12(11)16(22)23/h1-6,9H,8H2,(H,19,21)(H,22,23). The van der Waals surface area contributed by atoms with Crippen molar-refractivity contribution >= 4 is 50.9 Å². The molecule has 0 atom stereocenters. The Balaban J connectivity index is 1.84. The van der Waals surface area contributed by atoms with Crippen LogP contribution >= 0.6 is 23.1 Å². The number of hydrogen-bond acceptors (Lipinski definition) is 6. The molecule has 2 aromatic carbocycles. The van der Waals surface area contributed by atoms with Crippen molar-refractivity contribution in [2.24, 2.45) is 0 Å². The van der Waals surface area contributed by atoms with E-state index in [0.717, 1.165) is 14.6 Å². The lowest BCUT2D eigenvalue weighted by atomic mass is 10.1. The molecule has 124 valence electrons. The van der Waals surface area contributed by atoms with Gasteiger partial charge in [-0.3, -0.25) is 4.79 Å². The summed E-state index contributed by atoms with van der Waals surface area (Å²) in [5, 5.41) is 20.5. The number of carbonyl (C=O) groups excluding carboxylic acids is 1. The third-order valence-electron chi connectivity index (χ3n) is 3.29. The molecule has 1 amide bonds. The molecule has 8 heteroatoms. The highest BCUT2D eigenvalue weighted by atomic mass is 32.2. The SMILES string of the molecule is N#CCSc1nc2ccc(NC(=O)c3ccccc3C(=O)O)cc2s1. The number of nitrogens with one attached hydrogen (secondary N) is 1. The van der Waals surface area contributed by atoms with Crippen LogP contribution in [0.1, 0.15) is 20.7 Å². The van der Waals surface area contributed by atoms with Gasteiger partial charge in [-0.2, -0.15) is 5.26 Å². The number of thiazole rings is 1. The Morgan fingerprint density at radius 1 is 1.24 bits per heavy atom. The van der Waals surface area contributed by atoms with Crippen molar-refractivity contribution in [1.82, 2.24) is 4.98 Å². The summed E-state index contributed by atoms with van der Waals surface area (Å²) in [4.78, 5) is 28.0. The Labute approximate surface area is 151 Å². The monoisotopic (exact) mass is 369 g/mol. The number of rotatable bonds is 5. The molecule has 3 aromatic rings. The van der Waals surface area contributed by atoms with E-state index in [1.165, 1.54) is 35.2 Å². The van der Waals surface area contributed by atoms with Gasteiger partial charge in [0.1, 0.15) is 0 Å². The largest absolute Gasteiger partial charge is 0.478 e. The van der Waals surface area contributed by atoms with Crippen molar-refractivity contribution in [2.75, 3.05) is 11.1 Å². The van der Waals surface area contributed by atoms with Gasteiger partial charge < -0.3 is 10.4 Å². The summed E-state index contributed by atoms with van der Waals surface area (Å²) >= 11 is 2.80. The van der Waals surface area contributed by atoms with Gasteiger partial charge in [0.15, 0.2) is 4.34 Å². The first-order chi connectivity index (χ1) is 12.1. The van der Waals surface area contributed by atoms with Crippen LogP contribution in [0.4, 0.5) is 5.69 Å². The molecular formula is C17H11N3O3S2. The molecule has 25 heavy (non-hydrogen) atoms. The average molecular weight is 369 g/mol. The number of thioether (sulfide) groups is 1. The topological polar surface area (TPSA) is 103 Å². The molecular weight excluding hydrogens is 358 g/mol. The van der Waals surface area contributed by atoms with Gasteiger partial charge in [-0.25, -0.2) is 9.78 Å². The summed E-state index contributed by atoms with van der Waals surface area (Å²) in [6, 6.07) is 13.4. The van der Waals surface area contributed by atoms with Crippen molar-refractivity contribution in [3.63, 3.8) is 0 Å². The van der Waals surface area contributed by atoms with Gasteiger partial charge in [0.05, 0.1) is 33.2 Å². The smallest absolute Gasteiger partial charge is 0.336 e. The van der Waals surface area contributed by atoms with Gasteiger partial charge in [-0.05, 0) is 30.3 Å². The number of aromatic carboxylic acids is 1. The molecule has 6 nitrogen and oxygen atoms in total. The van der Waals surface area contributed by atoms with Crippen LogP contribution in [0, 0.1) is 11.3 Å². The fraction of sp³-hybridized carbons (Fsp3) is 0.0588. The van der Waals surface area contributed by atoms with Crippen molar-refractivity contribution in [3.8, 4) is 6.07 Å². The first-order valence-corrected chi connectivity index (χ1v) is 8.92. The number of aromatic nitrogens is 1. The summed E-state index contributed by atoms with van der Waals surface area (Å²) in [6.07, 6.45) is 0. The molecule has 0 radical (unpaired) electrons. The Morgan fingerprint density at radius 2 is 2.00 bits per heavy atom. The van der Waals surface area contributed by atoms with E-state index in [-0.39, 0.29) is 11.1 Å². The number of carbonyl (C=O) groups is 2. The Bertz CT molecular complexity index is 1010. The lowest BCUT2D eigenvalue weighted by Crippen LogP contribution is -2.16. The van der Waals surface area contributed by atoms with Crippen LogP contribution in [0.5, 0.6) is 0 Å².